The largest absolute Gasteiger partial charge is 0.469 e. The quantitative estimate of drug-likeness (QED) is 0.662. The van der Waals surface area contributed by atoms with Crippen LogP contribution < -0.4 is 5.73 Å². The number of hydrogen-bond acceptors (Lipinski definition) is 3. The van der Waals surface area contributed by atoms with Crippen molar-refractivity contribution in [3.8, 4) is 0 Å². The van der Waals surface area contributed by atoms with Gasteiger partial charge < -0.3 is 10.5 Å². The molecule has 1 saturated carbocycles. The van der Waals surface area contributed by atoms with Gasteiger partial charge in [0.25, 0.3) is 0 Å². The zero-order valence-electron chi connectivity index (χ0n) is 9.21. The van der Waals surface area contributed by atoms with E-state index in [1.54, 1.807) is 0 Å². The van der Waals surface area contributed by atoms with Crippen LogP contribution in [0, 0.1) is 11.3 Å². The number of carbonyl (C=O) groups excluding carboxylic acids is 1. The summed E-state index contributed by atoms with van der Waals surface area (Å²) in [7, 11) is 1.45. The van der Waals surface area contributed by atoms with Crippen LogP contribution in [-0.2, 0) is 9.53 Å². The summed E-state index contributed by atoms with van der Waals surface area (Å²) < 4.78 is 4.87. The molecule has 1 aliphatic rings. The third-order valence-electron chi connectivity index (χ3n) is 3.11. The fourth-order valence-corrected chi connectivity index (χ4v) is 2.13. The lowest BCUT2D eigenvalue weighted by Crippen LogP contribution is -2.40. The van der Waals surface area contributed by atoms with E-state index >= 15 is 0 Å². The first-order valence-electron chi connectivity index (χ1n) is 5.47. The fourth-order valence-electron chi connectivity index (χ4n) is 2.13. The van der Waals surface area contributed by atoms with Crippen LogP contribution >= 0.6 is 0 Å². The van der Waals surface area contributed by atoms with Crippen molar-refractivity contribution in [1.29, 1.82) is 0 Å². The van der Waals surface area contributed by atoms with E-state index in [0.717, 1.165) is 19.3 Å². The zero-order valence-corrected chi connectivity index (χ0v) is 9.21. The molecular formula is C11H21NO2. The van der Waals surface area contributed by atoms with Crippen LogP contribution in [0.3, 0.4) is 0 Å². The normalized spacial score (nSPS) is 20.2. The van der Waals surface area contributed by atoms with Crippen LogP contribution in [-0.4, -0.2) is 19.6 Å². The van der Waals surface area contributed by atoms with Gasteiger partial charge in [-0.05, 0) is 18.8 Å². The number of rotatable bonds is 6. The van der Waals surface area contributed by atoms with Crippen molar-refractivity contribution in [2.45, 2.75) is 39.0 Å². The second-order valence-electron chi connectivity index (χ2n) is 4.37. The molecule has 0 heterocycles. The Kier molecular flexibility index (Phi) is 3.93. The van der Waals surface area contributed by atoms with Gasteiger partial charge in [-0.3, -0.25) is 4.79 Å². The predicted molar refractivity (Wildman–Crippen MR) is 55.8 cm³/mol. The average Bonchev–Trinajstić information content (AvgIpc) is 2.99. The smallest absolute Gasteiger partial charge is 0.313 e. The second-order valence-corrected chi connectivity index (χ2v) is 4.37. The van der Waals surface area contributed by atoms with Gasteiger partial charge in [0.2, 0.25) is 0 Å². The summed E-state index contributed by atoms with van der Waals surface area (Å²) in [5.74, 6) is 0.595. The number of esters is 1. The molecule has 0 radical (unpaired) electrons. The molecule has 3 heteroatoms. The summed E-state index contributed by atoms with van der Waals surface area (Å²) in [6, 6.07) is 0. The average molecular weight is 199 g/mol. The van der Waals surface area contributed by atoms with Gasteiger partial charge in [0, 0.05) is 6.54 Å². The van der Waals surface area contributed by atoms with Crippen LogP contribution in [0.1, 0.15) is 39.0 Å². The van der Waals surface area contributed by atoms with Crippen molar-refractivity contribution in [2.24, 2.45) is 17.1 Å². The summed E-state index contributed by atoms with van der Waals surface area (Å²) in [6.45, 7) is 2.50. The van der Waals surface area contributed by atoms with Gasteiger partial charge in [0.1, 0.15) is 0 Å². The minimum absolute atomic E-state index is 0.117. The highest BCUT2D eigenvalue weighted by molar-refractivity contribution is 5.77. The number of nitrogens with two attached hydrogens (primary N) is 1. The fraction of sp³-hybridized carbons (Fsp3) is 0.909. The molecule has 1 unspecified atom stereocenters. The van der Waals surface area contributed by atoms with Crippen molar-refractivity contribution >= 4 is 5.97 Å². The molecule has 1 aliphatic carbocycles. The Morgan fingerprint density at radius 1 is 1.57 bits per heavy atom. The van der Waals surface area contributed by atoms with Gasteiger partial charge >= 0.3 is 5.97 Å². The van der Waals surface area contributed by atoms with Gasteiger partial charge in [-0.2, -0.15) is 0 Å². The molecule has 1 atom stereocenters. The van der Waals surface area contributed by atoms with Crippen molar-refractivity contribution in [1.82, 2.24) is 0 Å². The lowest BCUT2D eigenvalue weighted by molar-refractivity contribution is -0.153. The standard InChI is InChI=1S/C11H21NO2/c1-3-6-11(8-12,10(13)14-2)7-9-4-5-9/h9H,3-8,12H2,1-2H3. The third-order valence-corrected chi connectivity index (χ3v) is 3.11. The Labute approximate surface area is 86.0 Å². The maximum atomic E-state index is 11.7. The van der Waals surface area contributed by atoms with Gasteiger partial charge in [0.05, 0.1) is 12.5 Å². The molecule has 2 N–H and O–H groups in total. The zero-order chi connectivity index (χ0) is 10.6. The van der Waals surface area contributed by atoms with E-state index in [1.165, 1.54) is 20.0 Å². The molecule has 0 aromatic rings. The highest BCUT2D eigenvalue weighted by Gasteiger charge is 2.42. The minimum atomic E-state index is -0.398. The van der Waals surface area contributed by atoms with E-state index in [0.29, 0.717) is 12.5 Å². The van der Waals surface area contributed by atoms with E-state index in [4.69, 9.17) is 10.5 Å². The Morgan fingerprint density at radius 2 is 2.21 bits per heavy atom. The van der Waals surface area contributed by atoms with Crippen molar-refractivity contribution in [3.05, 3.63) is 0 Å². The van der Waals surface area contributed by atoms with E-state index < -0.39 is 5.41 Å². The SMILES string of the molecule is CCCC(CN)(CC1CC1)C(=O)OC. The van der Waals surface area contributed by atoms with Crippen LogP contribution in [0.15, 0.2) is 0 Å². The summed E-state index contributed by atoms with van der Waals surface area (Å²) in [6.07, 6.45) is 5.26. The molecule has 14 heavy (non-hydrogen) atoms. The van der Waals surface area contributed by atoms with E-state index in [2.05, 4.69) is 6.92 Å². The molecule has 0 spiro atoms. The lowest BCUT2D eigenvalue weighted by Gasteiger charge is -2.29. The summed E-state index contributed by atoms with van der Waals surface area (Å²) in [5.41, 5.74) is 5.35. The van der Waals surface area contributed by atoms with Crippen LogP contribution in [0.2, 0.25) is 0 Å². The highest BCUT2D eigenvalue weighted by atomic mass is 16.5. The molecular weight excluding hydrogens is 178 g/mol. The summed E-state index contributed by atoms with van der Waals surface area (Å²) in [4.78, 5) is 11.7. The first kappa shape index (κ1) is 11.5. The van der Waals surface area contributed by atoms with E-state index in [-0.39, 0.29) is 5.97 Å². The van der Waals surface area contributed by atoms with Crippen molar-refractivity contribution in [2.75, 3.05) is 13.7 Å². The molecule has 0 bridgehead atoms. The lowest BCUT2D eigenvalue weighted by atomic mass is 9.78. The predicted octanol–water partition coefficient (Wildman–Crippen LogP) is 1.70. The number of ether oxygens (including phenoxy) is 1. The Hall–Kier alpha value is -0.570. The second kappa shape index (κ2) is 4.78. The van der Waals surface area contributed by atoms with E-state index in [9.17, 15) is 4.79 Å². The molecule has 0 amide bonds. The molecule has 82 valence electrons. The Morgan fingerprint density at radius 3 is 2.57 bits per heavy atom. The van der Waals surface area contributed by atoms with Crippen molar-refractivity contribution < 1.29 is 9.53 Å². The first-order valence-corrected chi connectivity index (χ1v) is 5.47. The molecule has 0 aromatic carbocycles. The van der Waals surface area contributed by atoms with Gasteiger partial charge in [-0.15, -0.1) is 0 Å². The van der Waals surface area contributed by atoms with Crippen molar-refractivity contribution in [3.63, 3.8) is 0 Å². The maximum absolute atomic E-state index is 11.7. The Balaban J connectivity index is 2.66. The monoisotopic (exact) mass is 199 g/mol. The third kappa shape index (κ3) is 2.47. The van der Waals surface area contributed by atoms with Crippen LogP contribution in [0.25, 0.3) is 0 Å². The first-order chi connectivity index (χ1) is 6.68. The molecule has 1 rings (SSSR count). The van der Waals surface area contributed by atoms with Gasteiger partial charge in [-0.1, -0.05) is 26.2 Å². The molecule has 0 saturated heterocycles. The number of carbonyl (C=O) groups is 1. The molecule has 1 fully saturated rings. The molecule has 3 nitrogen and oxygen atoms in total. The maximum Gasteiger partial charge on any atom is 0.313 e. The molecule has 0 aromatic heterocycles. The van der Waals surface area contributed by atoms with Crippen LogP contribution in [0.5, 0.6) is 0 Å². The topological polar surface area (TPSA) is 52.3 Å². The molecule has 0 aliphatic heterocycles. The van der Waals surface area contributed by atoms with E-state index in [1.807, 2.05) is 0 Å². The number of hydrogen-bond donors (Lipinski definition) is 1. The summed E-state index contributed by atoms with van der Waals surface area (Å²) in [5, 5.41) is 0. The summed E-state index contributed by atoms with van der Waals surface area (Å²) >= 11 is 0. The Bertz CT molecular complexity index is 201. The highest BCUT2D eigenvalue weighted by Crippen LogP contribution is 2.42. The van der Waals surface area contributed by atoms with Gasteiger partial charge in [-0.25, -0.2) is 0 Å². The van der Waals surface area contributed by atoms with Gasteiger partial charge in [0.15, 0.2) is 0 Å². The number of methoxy groups -OCH3 is 1. The minimum Gasteiger partial charge on any atom is -0.469 e. The van der Waals surface area contributed by atoms with Crippen LogP contribution in [0.4, 0.5) is 0 Å².